The minimum Gasteiger partial charge on any atom is -0.393 e. The molecule has 0 aliphatic rings. The molecule has 16 heavy (non-hydrogen) atoms. The van der Waals surface area contributed by atoms with Gasteiger partial charge in [-0.25, -0.2) is 0 Å². The van der Waals surface area contributed by atoms with E-state index in [0.29, 0.717) is 18.0 Å². The highest BCUT2D eigenvalue weighted by atomic mass is 32.1. The standard InChI is InChI=1S/C12H24N2OS/c1-5-6-8-14(9-7-10(13)16)11(15)12(2,3)4/h5-9H2,1-4H3,(H2,13,16). The molecule has 3 nitrogen and oxygen atoms in total. The molecule has 0 unspecified atom stereocenters. The van der Waals surface area contributed by atoms with Crippen LogP contribution >= 0.6 is 12.2 Å². The number of nitrogens with two attached hydrogens (primary N) is 1. The van der Waals surface area contributed by atoms with Crippen molar-refractivity contribution in [1.29, 1.82) is 0 Å². The Morgan fingerprint density at radius 3 is 2.25 bits per heavy atom. The average Bonchev–Trinajstić information content (AvgIpc) is 2.15. The van der Waals surface area contributed by atoms with Crippen molar-refractivity contribution in [3.8, 4) is 0 Å². The van der Waals surface area contributed by atoms with Gasteiger partial charge >= 0.3 is 0 Å². The average molecular weight is 244 g/mol. The largest absolute Gasteiger partial charge is 0.393 e. The van der Waals surface area contributed by atoms with Crippen LogP contribution in [-0.4, -0.2) is 28.9 Å². The van der Waals surface area contributed by atoms with Gasteiger partial charge in [0.2, 0.25) is 5.91 Å². The van der Waals surface area contributed by atoms with Crippen LogP contribution in [0.15, 0.2) is 0 Å². The number of thiocarbonyl (C=S) groups is 1. The van der Waals surface area contributed by atoms with Gasteiger partial charge in [-0.05, 0) is 6.42 Å². The van der Waals surface area contributed by atoms with Crippen LogP contribution in [0.4, 0.5) is 0 Å². The molecule has 0 atom stereocenters. The fraction of sp³-hybridized carbons (Fsp3) is 0.833. The molecule has 0 aromatic rings. The molecule has 0 radical (unpaired) electrons. The Bertz CT molecular complexity index is 246. The van der Waals surface area contributed by atoms with Crippen molar-refractivity contribution in [2.24, 2.45) is 11.1 Å². The van der Waals surface area contributed by atoms with E-state index in [4.69, 9.17) is 18.0 Å². The molecule has 0 rings (SSSR count). The molecule has 94 valence electrons. The maximum atomic E-state index is 12.1. The Kier molecular flexibility index (Phi) is 6.56. The van der Waals surface area contributed by atoms with E-state index < -0.39 is 0 Å². The highest BCUT2D eigenvalue weighted by Crippen LogP contribution is 2.18. The van der Waals surface area contributed by atoms with Gasteiger partial charge in [0.15, 0.2) is 0 Å². The highest BCUT2D eigenvalue weighted by molar-refractivity contribution is 7.80. The molecule has 0 saturated carbocycles. The van der Waals surface area contributed by atoms with Gasteiger partial charge in [0, 0.05) is 24.9 Å². The first-order chi connectivity index (χ1) is 7.29. The van der Waals surface area contributed by atoms with Crippen LogP contribution in [-0.2, 0) is 4.79 Å². The van der Waals surface area contributed by atoms with Crippen LogP contribution in [0, 0.1) is 5.41 Å². The number of unbranched alkanes of at least 4 members (excludes halogenated alkanes) is 1. The summed E-state index contributed by atoms with van der Waals surface area (Å²) in [5.41, 5.74) is 5.14. The number of hydrogen-bond acceptors (Lipinski definition) is 2. The highest BCUT2D eigenvalue weighted by Gasteiger charge is 2.26. The van der Waals surface area contributed by atoms with Gasteiger partial charge in [0.05, 0.1) is 4.99 Å². The van der Waals surface area contributed by atoms with Crippen LogP contribution in [0.3, 0.4) is 0 Å². The number of rotatable bonds is 6. The Morgan fingerprint density at radius 1 is 1.31 bits per heavy atom. The summed E-state index contributed by atoms with van der Waals surface area (Å²) in [6.45, 7) is 9.38. The van der Waals surface area contributed by atoms with Crippen molar-refractivity contribution in [2.75, 3.05) is 13.1 Å². The second-order valence-corrected chi connectivity index (χ2v) is 5.64. The van der Waals surface area contributed by atoms with Gasteiger partial charge in [-0.1, -0.05) is 46.3 Å². The minimum absolute atomic E-state index is 0.178. The summed E-state index contributed by atoms with van der Waals surface area (Å²) in [6, 6.07) is 0. The number of hydrogen-bond donors (Lipinski definition) is 1. The lowest BCUT2D eigenvalue weighted by molar-refractivity contribution is -0.139. The van der Waals surface area contributed by atoms with Crippen LogP contribution in [0.1, 0.15) is 47.0 Å². The summed E-state index contributed by atoms with van der Waals surface area (Å²) in [5.74, 6) is 0.178. The van der Waals surface area contributed by atoms with E-state index in [0.717, 1.165) is 19.4 Å². The van der Waals surface area contributed by atoms with E-state index in [2.05, 4.69) is 6.92 Å². The van der Waals surface area contributed by atoms with Crippen LogP contribution in [0.25, 0.3) is 0 Å². The molecule has 0 aromatic carbocycles. The van der Waals surface area contributed by atoms with E-state index >= 15 is 0 Å². The summed E-state index contributed by atoms with van der Waals surface area (Å²) in [7, 11) is 0. The van der Waals surface area contributed by atoms with Crippen LogP contribution < -0.4 is 5.73 Å². The molecule has 4 heteroatoms. The lowest BCUT2D eigenvalue weighted by Gasteiger charge is -2.29. The summed E-state index contributed by atoms with van der Waals surface area (Å²) in [5, 5.41) is 0. The maximum Gasteiger partial charge on any atom is 0.227 e. The molecule has 0 heterocycles. The van der Waals surface area contributed by atoms with Crippen LogP contribution in [0.5, 0.6) is 0 Å². The number of carbonyl (C=O) groups excluding carboxylic acids is 1. The van der Waals surface area contributed by atoms with Gasteiger partial charge in [-0.2, -0.15) is 0 Å². The monoisotopic (exact) mass is 244 g/mol. The fourth-order valence-electron chi connectivity index (χ4n) is 1.38. The van der Waals surface area contributed by atoms with Gasteiger partial charge in [0.1, 0.15) is 0 Å². The van der Waals surface area contributed by atoms with Gasteiger partial charge < -0.3 is 10.6 Å². The lowest BCUT2D eigenvalue weighted by Crippen LogP contribution is -2.41. The van der Waals surface area contributed by atoms with Gasteiger partial charge in [-0.15, -0.1) is 0 Å². The lowest BCUT2D eigenvalue weighted by atomic mass is 9.94. The van der Waals surface area contributed by atoms with E-state index in [-0.39, 0.29) is 11.3 Å². The molecule has 0 aromatic heterocycles. The molecular formula is C12H24N2OS. The Hall–Kier alpha value is -0.640. The van der Waals surface area contributed by atoms with E-state index in [9.17, 15) is 4.79 Å². The SMILES string of the molecule is CCCCN(CCC(N)=S)C(=O)C(C)(C)C. The fourth-order valence-corrected chi connectivity index (χ4v) is 1.47. The van der Waals surface area contributed by atoms with Crippen molar-refractivity contribution < 1.29 is 4.79 Å². The first-order valence-electron chi connectivity index (χ1n) is 5.86. The predicted octanol–water partition coefficient (Wildman–Crippen LogP) is 2.34. The van der Waals surface area contributed by atoms with E-state index in [1.807, 2.05) is 25.7 Å². The van der Waals surface area contributed by atoms with Crippen molar-refractivity contribution in [3.05, 3.63) is 0 Å². The quantitative estimate of drug-likeness (QED) is 0.730. The topological polar surface area (TPSA) is 46.3 Å². The summed E-state index contributed by atoms with van der Waals surface area (Å²) in [6.07, 6.45) is 2.72. The number of amides is 1. The first kappa shape index (κ1) is 15.4. The van der Waals surface area contributed by atoms with Crippen LogP contribution in [0.2, 0.25) is 0 Å². The molecule has 0 saturated heterocycles. The third-order valence-corrected chi connectivity index (χ3v) is 2.54. The molecule has 0 aliphatic heterocycles. The summed E-state index contributed by atoms with van der Waals surface area (Å²) in [4.78, 5) is 14.5. The van der Waals surface area contributed by atoms with E-state index in [1.165, 1.54) is 0 Å². The number of carbonyl (C=O) groups is 1. The normalized spacial score (nSPS) is 11.2. The third-order valence-electron chi connectivity index (χ3n) is 2.34. The summed E-state index contributed by atoms with van der Waals surface area (Å²) < 4.78 is 0. The molecule has 0 spiro atoms. The second-order valence-electron chi connectivity index (χ2n) is 5.11. The summed E-state index contributed by atoms with van der Waals surface area (Å²) >= 11 is 4.85. The number of nitrogens with zero attached hydrogens (tertiary/aromatic N) is 1. The Balaban J connectivity index is 4.41. The zero-order chi connectivity index (χ0) is 12.8. The van der Waals surface area contributed by atoms with Crippen molar-refractivity contribution in [3.63, 3.8) is 0 Å². The molecule has 0 bridgehead atoms. The predicted molar refractivity (Wildman–Crippen MR) is 72.3 cm³/mol. The zero-order valence-corrected chi connectivity index (χ0v) is 11.7. The van der Waals surface area contributed by atoms with Gasteiger partial charge in [0.25, 0.3) is 0 Å². The van der Waals surface area contributed by atoms with Crippen molar-refractivity contribution in [2.45, 2.75) is 47.0 Å². The minimum atomic E-state index is -0.329. The molecular weight excluding hydrogens is 220 g/mol. The molecule has 0 aliphatic carbocycles. The zero-order valence-electron chi connectivity index (χ0n) is 10.9. The molecule has 1 amide bonds. The Labute approximate surface area is 104 Å². The molecule has 2 N–H and O–H groups in total. The maximum absolute atomic E-state index is 12.1. The smallest absolute Gasteiger partial charge is 0.227 e. The van der Waals surface area contributed by atoms with Gasteiger partial charge in [-0.3, -0.25) is 4.79 Å². The Morgan fingerprint density at radius 2 is 1.88 bits per heavy atom. The van der Waals surface area contributed by atoms with Crippen molar-refractivity contribution in [1.82, 2.24) is 4.90 Å². The van der Waals surface area contributed by atoms with E-state index in [1.54, 1.807) is 0 Å². The first-order valence-corrected chi connectivity index (χ1v) is 6.27. The molecule has 0 fully saturated rings. The second kappa shape index (κ2) is 6.84. The van der Waals surface area contributed by atoms with Crippen molar-refractivity contribution >= 4 is 23.1 Å². The third kappa shape index (κ3) is 6.05.